The molecule has 0 aromatic rings. The highest BCUT2D eigenvalue weighted by Crippen LogP contribution is 2.21. The Morgan fingerprint density at radius 2 is 0.979 bits per heavy atom. The molecule has 0 aliphatic carbocycles. The van der Waals surface area contributed by atoms with Crippen LogP contribution in [0.1, 0.15) is 207 Å². The molecule has 0 spiro atoms. The number of ether oxygens (including phenoxy) is 2. The van der Waals surface area contributed by atoms with Crippen LogP contribution in [0.2, 0.25) is 0 Å². The van der Waals surface area contributed by atoms with Crippen LogP contribution in [-0.2, 0) is 19.1 Å². The second-order valence-corrected chi connectivity index (χ2v) is 14.3. The van der Waals surface area contributed by atoms with Crippen LogP contribution in [-0.4, -0.2) is 55.7 Å². The summed E-state index contributed by atoms with van der Waals surface area (Å²) in [4.78, 5) is 27.2. The van der Waals surface area contributed by atoms with E-state index in [1.807, 2.05) is 0 Å². The van der Waals surface area contributed by atoms with Gasteiger partial charge in [-0.25, -0.2) is 0 Å². The first-order valence-corrected chi connectivity index (χ1v) is 20.8. The van der Waals surface area contributed by atoms with Crippen molar-refractivity contribution < 1.29 is 19.1 Å². The van der Waals surface area contributed by atoms with E-state index in [2.05, 4.69) is 32.6 Å². The molecule has 0 fully saturated rings. The monoisotopic (exact) mass is 667 g/mol. The molecular weight excluding hydrogens is 584 g/mol. The van der Waals surface area contributed by atoms with E-state index in [9.17, 15) is 9.59 Å². The second-order valence-electron chi connectivity index (χ2n) is 14.3. The minimum Gasteiger partial charge on any atom is -0.466 e. The molecule has 0 atom stereocenters. The van der Waals surface area contributed by atoms with Crippen LogP contribution in [0.15, 0.2) is 0 Å². The van der Waals surface area contributed by atoms with Crippen LogP contribution in [0.5, 0.6) is 0 Å². The number of carbonyl (C=O) groups excluding carboxylic acids is 2. The van der Waals surface area contributed by atoms with Crippen LogP contribution < -0.4 is 5.73 Å². The third-order valence-corrected chi connectivity index (χ3v) is 9.67. The van der Waals surface area contributed by atoms with Gasteiger partial charge >= 0.3 is 11.9 Å². The maximum absolute atomic E-state index is 12.3. The van der Waals surface area contributed by atoms with E-state index in [1.54, 1.807) is 0 Å². The lowest BCUT2D eigenvalue weighted by atomic mass is 9.92. The van der Waals surface area contributed by atoms with E-state index in [-0.39, 0.29) is 18.0 Å². The molecule has 0 rings (SSSR count). The van der Waals surface area contributed by atoms with E-state index in [4.69, 9.17) is 15.2 Å². The van der Waals surface area contributed by atoms with Gasteiger partial charge in [0.2, 0.25) is 0 Å². The first-order valence-electron chi connectivity index (χ1n) is 20.8. The van der Waals surface area contributed by atoms with Crippen molar-refractivity contribution >= 4 is 11.9 Å². The smallest absolute Gasteiger partial charge is 0.306 e. The number of nitrogens with zero attached hydrogens (tertiary/aromatic N) is 1. The second kappa shape index (κ2) is 36.1. The van der Waals surface area contributed by atoms with Gasteiger partial charge in [-0.05, 0) is 83.5 Å². The molecular formula is C41H82N2O4. The summed E-state index contributed by atoms with van der Waals surface area (Å²) in [6, 6.07) is 0. The number of esters is 2. The van der Waals surface area contributed by atoms with Gasteiger partial charge in [-0.3, -0.25) is 9.59 Å². The zero-order valence-electron chi connectivity index (χ0n) is 32.1. The standard InChI is InChI=1S/C41H82N2O4/c1-5-9-19-26-38(27-20-10-6-2)32-37-46-40(44)30-21-15-13-17-23-34-43(36-25-33-42)35-24-18-14-16-22-31-41(45)47-39(28-11-7-3)29-12-8-4/h38-39H,5-37,42H2,1-4H3. The highest BCUT2D eigenvalue weighted by atomic mass is 16.5. The van der Waals surface area contributed by atoms with E-state index < -0.39 is 0 Å². The van der Waals surface area contributed by atoms with Crippen LogP contribution >= 0.6 is 0 Å². The van der Waals surface area contributed by atoms with Crippen molar-refractivity contribution in [1.29, 1.82) is 0 Å². The molecule has 2 N–H and O–H groups in total. The summed E-state index contributed by atoms with van der Waals surface area (Å²) in [6.07, 6.45) is 31.7. The number of hydrogen-bond acceptors (Lipinski definition) is 6. The summed E-state index contributed by atoms with van der Waals surface area (Å²) in [5.41, 5.74) is 5.81. The van der Waals surface area contributed by atoms with Gasteiger partial charge in [0.1, 0.15) is 6.10 Å². The molecule has 47 heavy (non-hydrogen) atoms. The predicted octanol–water partition coefficient (Wildman–Crippen LogP) is 11.3. The van der Waals surface area contributed by atoms with Crippen LogP contribution in [0.25, 0.3) is 0 Å². The van der Waals surface area contributed by atoms with Crippen LogP contribution in [0.4, 0.5) is 0 Å². The Morgan fingerprint density at radius 1 is 0.511 bits per heavy atom. The van der Waals surface area contributed by atoms with Crippen molar-refractivity contribution in [2.45, 2.75) is 214 Å². The topological polar surface area (TPSA) is 81.9 Å². The summed E-state index contributed by atoms with van der Waals surface area (Å²) in [6.45, 7) is 13.6. The summed E-state index contributed by atoms with van der Waals surface area (Å²) in [7, 11) is 0. The molecule has 0 heterocycles. The molecule has 6 heteroatoms. The number of carbonyl (C=O) groups is 2. The Morgan fingerprint density at radius 3 is 1.49 bits per heavy atom. The Kier molecular flexibility index (Phi) is 35.3. The van der Waals surface area contributed by atoms with Crippen molar-refractivity contribution in [2.75, 3.05) is 32.8 Å². The van der Waals surface area contributed by atoms with E-state index >= 15 is 0 Å². The summed E-state index contributed by atoms with van der Waals surface area (Å²) in [5, 5.41) is 0. The van der Waals surface area contributed by atoms with Gasteiger partial charge in [-0.1, -0.05) is 143 Å². The highest BCUT2D eigenvalue weighted by molar-refractivity contribution is 5.69. The predicted molar refractivity (Wildman–Crippen MR) is 202 cm³/mol. The Bertz CT molecular complexity index is 656. The molecule has 0 aliphatic rings. The SMILES string of the molecule is CCCCCC(CCCCC)CCOC(=O)CCCCCCCN(CCCN)CCCCCCCC(=O)OC(CCCC)CCCC. The summed E-state index contributed by atoms with van der Waals surface area (Å²) in [5.74, 6) is 0.720. The lowest BCUT2D eigenvalue weighted by Crippen LogP contribution is -2.28. The molecule has 0 radical (unpaired) electrons. The molecule has 0 amide bonds. The number of nitrogens with two attached hydrogens (primary N) is 1. The number of unbranched alkanes of at least 4 members (excludes halogenated alkanes) is 14. The fourth-order valence-electron chi connectivity index (χ4n) is 6.50. The number of rotatable bonds is 37. The molecule has 0 bridgehead atoms. The Hall–Kier alpha value is -1.14. The van der Waals surface area contributed by atoms with Crippen molar-refractivity contribution in [3.05, 3.63) is 0 Å². The first kappa shape index (κ1) is 45.9. The molecule has 280 valence electrons. The van der Waals surface area contributed by atoms with Crippen molar-refractivity contribution in [2.24, 2.45) is 11.7 Å². The van der Waals surface area contributed by atoms with Gasteiger partial charge in [-0.15, -0.1) is 0 Å². The molecule has 0 saturated carbocycles. The zero-order valence-corrected chi connectivity index (χ0v) is 32.1. The van der Waals surface area contributed by atoms with Gasteiger partial charge in [0.15, 0.2) is 0 Å². The van der Waals surface area contributed by atoms with Crippen LogP contribution in [0, 0.1) is 5.92 Å². The van der Waals surface area contributed by atoms with Gasteiger partial charge in [0.05, 0.1) is 6.61 Å². The molecule has 6 nitrogen and oxygen atoms in total. The maximum Gasteiger partial charge on any atom is 0.306 e. The third-order valence-electron chi connectivity index (χ3n) is 9.67. The minimum atomic E-state index is -0.00258. The molecule has 0 unspecified atom stereocenters. The highest BCUT2D eigenvalue weighted by Gasteiger charge is 2.14. The van der Waals surface area contributed by atoms with E-state index in [1.165, 1.54) is 89.9 Å². The van der Waals surface area contributed by atoms with Gasteiger partial charge in [0.25, 0.3) is 0 Å². The van der Waals surface area contributed by atoms with Crippen molar-refractivity contribution in [3.8, 4) is 0 Å². The molecule has 0 saturated heterocycles. The van der Waals surface area contributed by atoms with E-state index in [0.717, 1.165) is 109 Å². The molecule has 0 aliphatic heterocycles. The lowest BCUT2D eigenvalue weighted by molar-refractivity contribution is -0.150. The van der Waals surface area contributed by atoms with Gasteiger partial charge in [-0.2, -0.15) is 0 Å². The maximum atomic E-state index is 12.3. The fraction of sp³-hybridized carbons (Fsp3) is 0.951. The fourth-order valence-corrected chi connectivity index (χ4v) is 6.50. The average molecular weight is 667 g/mol. The summed E-state index contributed by atoms with van der Waals surface area (Å²) < 4.78 is 11.4. The Labute approximate surface area is 293 Å². The zero-order chi connectivity index (χ0) is 34.6. The van der Waals surface area contributed by atoms with Crippen molar-refractivity contribution in [3.63, 3.8) is 0 Å². The Balaban J connectivity index is 3.98. The molecule has 0 aromatic carbocycles. The van der Waals surface area contributed by atoms with E-state index in [0.29, 0.717) is 19.4 Å². The third kappa shape index (κ3) is 31.9. The molecule has 0 aromatic heterocycles. The number of hydrogen-bond donors (Lipinski definition) is 1. The summed E-state index contributed by atoms with van der Waals surface area (Å²) >= 11 is 0. The largest absolute Gasteiger partial charge is 0.466 e. The van der Waals surface area contributed by atoms with Gasteiger partial charge < -0.3 is 20.1 Å². The lowest BCUT2D eigenvalue weighted by Gasteiger charge is -2.22. The van der Waals surface area contributed by atoms with Crippen molar-refractivity contribution in [1.82, 2.24) is 4.90 Å². The normalized spacial score (nSPS) is 11.7. The quantitative estimate of drug-likeness (QED) is 0.0525. The van der Waals surface area contributed by atoms with Gasteiger partial charge in [0, 0.05) is 12.8 Å². The average Bonchev–Trinajstić information content (AvgIpc) is 3.06. The minimum absolute atomic E-state index is 0.00258. The first-order chi connectivity index (χ1) is 23.0. The van der Waals surface area contributed by atoms with Crippen LogP contribution in [0.3, 0.4) is 0 Å².